The van der Waals surface area contributed by atoms with Gasteiger partial charge in [0.15, 0.2) is 17.3 Å². The molecule has 0 N–H and O–H groups in total. The van der Waals surface area contributed by atoms with Gasteiger partial charge in [0.25, 0.3) is 5.56 Å². The highest BCUT2D eigenvalue weighted by atomic mass is 79.9. The van der Waals surface area contributed by atoms with Crippen molar-refractivity contribution in [1.29, 1.82) is 0 Å². The van der Waals surface area contributed by atoms with E-state index in [0.29, 0.717) is 58.3 Å². The van der Waals surface area contributed by atoms with Gasteiger partial charge >= 0.3 is 0 Å². The van der Waals surface area contributed by atoms with Crippen molar-refractivity contribution in [1.82, 2.24) is 9.66 Å². The summed E-state index contributed by atoms with van der Waals surface area (Å²) in [7, 11) is 0. The standard InChI is InChI=1S/C27H21Br2N3O4/c1-3-34-23-13-17(20(29)14-24(23)35-4-2)15-30-32-26(31-21-8-6-5-7-19(21)27(32)33)25-12-16-11-18(28)9-10-22(16)36-25/h5-15H,3-4H2,1-2H3. The molecule has 0 unspecified atom stereocenters. The van der Waals surface area contributed by atoms with Crippen molar-refractivity contribution in [3.05, 3.63) is 85.5 Å². The number of hydrogen-bond donors (Lipinski definition) is 0. The fourth-order valence-corrected chi connectivity index (χ4v) is 4.62. The third-order valence-electron chi connectivity index (χ3n) is 5.43. The summed E-state index contributed by atoms with van der Waals surface area (Å²) < 4.78 is 20.4. The number of halogens is 2. The van der Waals surface area contributed by atoms with Crippen LogP contribution in [0, 0.1) is 0 Å². The first kappa shape index (κ1) is 24.3. The molecular formula is C27H21Br2N3O4. The van der Waals surface area contributed by atoms with E-state index in [2.05, 4.69) is 37.0 Å². The lowest BCUT2D eigenvalue weighted by Crippen LogP contribution is -2.20. The maximum atomic E-state index is 13.5. The average molecular weight is 611 g/mol. The first-order valence-electron chi connectivity index (χ1n) is 11.3. The molecular weight excluding hydrogens is 590 g/mol. The SMILES string of the molecule is CCOc1cc(Br)c(C=Nn2c(-c3cc4cc(Br)ccc4o3)nc3ccccc3c2=O)cc1OCC. The lowest BCUT2D eigenvalue weighted by molar-refractivity contribution is 0.287. The summed E-state index contributed by atoms with van der Waals surface area (Å²) in [5, 5.41) is 5.89. The highest BCUT2D eigenvalue weighted by molar-refractivity contribution is 9.10. The normalized spacial score (nSPS) is 11.6. The fraction of sp³-hybridized carbons (Fsp3) is 0.148. The lowest BCUT2D eigenvalue weighted by Gasteiger charge is -2.13. The molecule has 0 amide bonds. The highest BCUT2D eigenvalue weighted by Crippen LogP contribution is 2.34. The van der Waals surface area contributed by atoms with Gasteiger partial charge in [-0.2, -0.15) is 9.78 Å². The Balaban J connectivity index is 1.68. The Hall–Kier alpha value is -3.43. The predicted molar refractivity (Wildman–Crippen MR) is 148 cm³/mol. The molecule has 0 atom stereocenters. The second-order valence-corrected chi connectivity index (χ2v) is 9.56. The van der Waals surface area contributed by atoms with Crippen LogP contribution in [0.1, 0.15) is 19.4 Å². The van der Waals surface area contributed by atoms with E-state index in [9.17, 15) is 4.79 Å². The molecule has 0 fully saturated rings. The summed E-state index contributed by atoms with van der Waals surface area (Å²) in [5.74, 6) is 1.95. The van der Waals surface area contributed by atoms with Crippen molar-refractivity contribution in [3.8, 4) is 23.1 Å². The Morgan fingerprint density at radius 1 is 1.00 bits per heavy atom. The Labute approximate surface area is 223 Å². The van der Waals surface area contributed by atoms with Gasteiger partial charge in [-0.1, -0.05) is 28.1 Å². The van der Waals surface area contributed by atoms with Crippen molar-refractivity contribution in [2.24, 2.45) is 5.10 Å². The Kier molecular flexibility index (Phi) is 6.93. The molecule has 36 heavy (non-hydrogen) atoms. The molecule has 0 aliphatic heterocycles. The molecule has 182 valence electrons. The van der Waals surface area contributed by atoms with Gasteiger partial charge in [-0.25, -0.2) is 4.98 Å². The zero-order valence-corrected chi connectivity index (χ0v) is 22.7. The topological polar surface area (TPSA) is 78.9 Å². The van der Waals surface area contributed by atoms with Crippen LogP contribution in [0.15, 0.2) is 83.9 Å². The number of furan rings is 1. The summed E-state index contributed by atoms with van der Waals surface area (Å²) in [6, 6.07) is 18.4. The maximum Gasteiger partial charge on any atom is 0.282 e. The fourth-order valence-electron chi connectivity index (χ4n) is 3.82. The van der Waals surface area contributed by atoms with Gasteiger partial charge in [0.1, 0.15) is 5.58 Å². The summed E-state index contributed by atoms with van der Waals surface area (Å²) >= 11 is 7.06. The van der Waals surface area contributed by atoms with Crippen molar-refractivity contribution in [3.63, 3.8) is 0 Å². The van der Waals surface area contributed by atoms with Crippen molar-refractivity contribution < 1.29 is 13.9 Å². The van der Waals surface area contributed by atoms with Gasteiger partial charge in [-0.3, -0.25) is 4.79 Å². The largest absolute Gasteiger partial charge is 0.490 e. The van der Waals surface area contributed by atoms with E-state index >= 15 is 0 Å². The second kappa shape index (κ2) is 10.3. The van der Waals surface area contributed by atoms with Crippen LogP contribution in [-0.4, -0.2) is 29.1 Å². The molecule has 3 aromatic carbocycles. The third-order valence-corrected chi connectivity index (χ3v) is 6.61. The van der Waals surface area contributed by atoms with Crippen molar-refractivity contribution >= 4 is 59.9 Å². The van der Waals surface area contributed by atoms with E-state index < -0.39 is 0 Å². The first-order valence-corrected chi connectivity index (χ1v) is 12.9. The Morgan fingerprint density at radius 3 is 2.53 bits per heavy atom. The minimum absolute atomic E-state index is 0.300. The quantitative estimate of drug-likeness (QED) is 0.185. The molecule has 0 spiro atoms. The zero-order valence-electron chi connectivity index (χ0n) is 19.5. The maximum absolute atomic E-state index is 13.5. The molecule has 5 aromatic rings. The minimum Gasteiger partial charge on any atom is -0.490 e. The van der Waals surface area contributed by atoms with Gasteiger partial charge in [0.05, 0.1) is 30.3 Å². The van der Waals surface area contributed by atoms with Crippen LogP contribution in [0.4, 0.5) is 0 Å². The average Bonchev–Trinajstić information content (AvgIpc) is 3.29. The van der Waals surface area contributed by atoms with Crippen LogP contribution in [-0.2, 0) is 0 Å². The molecule has 0 radical (unpaired) electrons. The van der Waals surface area contributed by atoms with Crippen LogP contribution in [0.5, 0.6) is 11.5 Å². The number of fused-ring (bicyclic) bond motifs is 2. The molecule has 0 saturated heterocycles. The molecule has 7 nitrogen and oxygen atoms in total. The number of ether oxygens (including phenoxy) is 2. The predicted octanol–water partition coefficient (Wildman–Crippen LogP) is 7.01. The van der Waals surface area contributed by atoms with Crippen LogP contribution in [0.2, 0.25) is 0 Å². The molecule has 9 heteroatoms. The van der Waals surface area contributed by atoms with Crippen LogP contribution >= 0.6 is 31.9 Å². The van der Waals surface area contributed by atoms with E-state index in [-0.39, 0.29) is 5.56 Å². The highest BCUT2D eigenvalue weighted by Gasteiger charge is 2.17. The summed E-state index contributed by atoms with van der Waals surface area (Å²) in [6.45, 7) is 4.81. The van der Waals surface area contributed by atoms with E-state index in [1.54, 1.807) is 24.4 Å². The van der Waals surface area contributed by atoms with Gasteiger partial charge in [0, 0.05) is 19.9 Å². The van der Waals surface area contributed by atoms with E-state index in [4.69, 9.17) is 18.9 Å². The summed E-state index contributed by atoms with van der Waals surface area (Å²) in [6.07, 6.45) is 1.59. The van der Waals surface area contributed by atoms with Crippen LogP contribution < -0.4 is 15.0 Å². The number of benzene rings is 3. The summed E-state index contributed by atoms with van der Waals surface area (Å²) in [4.78, 5) is 18.2. The van der Waals surface area contributed by atoms with Crippen molar-refractivity contribution in [2.75, 3.05) is 13.2 Å². The number of aromatic nitrogens is 2. The van der Waals surface area contributed by atoms with E-state index in [0.717, 1.165) is 14.3 Å². The minimum atomic E-state index is -0.305. The van der Waals surface area contributed by atoms with Gasteiger partial charge in [-0.15, -0.1) is 0 Å². The van der Waals surface area contributed by atoms with Gasteiger partial charge in [-0.05, 0) is 78.3 Å². The molecule has 0 aliphatic carbocycles. The van der Waals surface area contributed by atoms with Gasteiger partial charge < -0.3 is 13.9 Å². The monoisotopic (exact) mass is 609 g/mol. The molecule has 5 rings (SSSR count). The van der Waals surface area contributed by atoms with Crippen LogP contribution in [0.25, 0.3) is 33.5 Å². The van der Waals surface area contributed by atoms with E-state index in [1.165, 1.54) is 4.68 Å². The lowest BCUT2D eigenvalue weighted by atomic mass is 10.2. The Bertz CT molecular complexity index is 1670. The molecule has 0 aliphatic rings. The number of para-hydroxylation sites is 1. The van der Waals surface area contributed by atoms with E-state index in [1.807, 2.05) is 56.3 Å². The zero-order chi connectivity index (χ0) is 25.2. The molecule has 2 heterocycles. The van der Waals surface area contributed by atoms with Crippen LogP contribution in [0.3, 0.4) is 0 Å². The van der Waals surface area contributed by atoms with Gasteiger partial charge in [0.2, 0.25) is 5.82 Å². The first-order chi connectivity index (χ1) is 17.5. The molecule has 0 saturated carbocycles. The number of nitrogens with zero attached hydrogens (tertiary/aromatic N) is 3. The van der Waals surface area contributed by atoms with Crippen molar-refractivity contribution in [2.45, 2.75) is 13.8 Å². The number of hydrogen-bond acceptors (Lipinski definition) is 6. The molecule has 2 aromatic heterocycles. The second-order valence-electron chi connectivity index (χ2n) is 7.79. The molecule has 0 bridgehead atoms. The number of rotatable bonds is 7. The third kappa shape index (κ3) is 4.68. The summed E-state index contributed by atoms with van der Waals surface area (Å²) in [5.41, 5.74) is 1.65. The Morgan fingerprint density at radius 2 is 1.75 bits per heavy atom. The smallest absolute Gasteiger partial charge is 0.282 e.